The maximum Gasteiger partial charge on any atom is 0.237 e. The molecule has 1 aliphatic heterocycles. The minimum Gasteiger partial charge on any atom is -0.353 e. The highest BCUT2D eigenvalue weighted by atomic mass is 35.5. The Labute approximate surface area is 156 Å². The quantitative estimate of drug-likeness (QED) is 0.839. The number of fused-ring (bicyclic) bond motifs is 1. The van der Waals surface area contributed by atoms with E-state index in [0.29, 0.717) is 18.1 Å². The first-order chi connectivity index (χ1) is 12.0. The molecule has 1 unspecified atom stereocenters. The molecule has 2 amide bonds. The van der Waals surface area contributed by atoms with Gasteiger partial charge in [-0.05, 0) is 48.4 Å². The first-order valence-electron chi connectivity index (χ1n) is 8.41. The Morgan fingerprint density at radius 2 is 2.28 bits per heavy atom. The van der Waals surface area contributed by atoms with Crippen LogP contribution < -0.4 is 10.6 Å². The smallest absolute Gasteiger partial charge is 0.237 e. The third kappa shape index (κ3) is 4.14. The molecule has 0 spiro atoms. The van der Waals surface area contributed by atoms with E-state index >= 15 is 0 Å². The largest absolute Gasteiger partial charge is 0.353 e. The molecule has 1 fully saturated rings. The number of hydrogen-bond acceptors (Lipinski definition) is 4. The molecule has 2 N–H and O–H groups in total. The van der Waals surface area contributed by atoms with Gasteiger partial charge in [-0.3, -0.25) is 14.5 Å². The SMILES string of the molecule is CC(C)N1CCNC(=O)C1CC(=O)NCc1csc2ccc(Cl)cc12. The summed E-state index contributed by atoms with van der Waals surface area (Å²) in [6.45, 7) is 5.94. The molecule has 134 valence electrons. The minimum absolute atomic E-state index is 0.0668. The predicted molar refractivity (Wildman–Crippen MR) is 102 cm³/mol. The van der Waals surface area contributed by atoms with Gasteiger partial charge in [0.15, 0.2) is 0 Å². The van der Waals surface area contributed by atoms with E-state index in [1.54, 1.807) is 11.3 Å². The van der Waals surface area contributed by atoms with Gasteiger partial charge >= 0.3 is 0 Å². The van der Waals surface area contributed by atoms with Gasteiger partial charge in [-0.1, -0.05) is 11.6 Å². The minimum atomic E-state index is -0.401. The molecule has 0 bridgehead atoms. The topological polar surface area (TPSA) is 61.4 Å². The van der Waals surface area contributed by atoms with Gasteiger partial charge in [0, 0.05) is 35.4 Å². The lowest BCUT2D eigenvalue weighted by Gasteiger charge is -2.37. The van der Waals surface area contributed by atoms with Crippen molar-refractivity contribution in [3.63, 3.8) is 0 Å². The fraction of sp³-hybridized carbons (Fsp3) is 0.444. The fourth-order valence-electron chi connectivity index (χ4n) is 3.19. The molecule has 1 atom stereocenters. The summed E-state index contributed by atoms with van der Waals surface area (Å²) in [6, 6.07) is 5.60. The monoisotopic (exact) mass is 379 g/mol. The van der Waals surface area contributed by atoms with E-state index < -0.39 is 6.04 Å². The van der Waals surface area contributed by atoms with Crippen molar-refractivity contribution in [2.75, 3.05) is 13.1 Å². The lowest BCUT2D eigenvalue weighted by atomic mass is 10.1. The van der Waals surface area contributed by atoms with Gasteiger partial charge in [-0.15, -0.1) is 11.3 Å². The number of carbonyl (C=O) groups excluding carboxylic acids is 2. The standard InChI is InChI=1S/C18H22ClN3O2S/c1-11(2)22-6-5-20-18(24)15(22)8-17(23)21-9-12-10-25-16-4-3-13(19)7-14(12)16/h3-4,7,10-11,15H,5-6,8-9H2,1-2H3,(H,20,24)(H,21,23). The van der Waals surface area contributed by atoms with Crippen LogP contribution in [0.15, 0.2) is 23.6 Å². The Morgan fingerprint density at radius 3 is 3.04 bits per heavy atom. The molecule has 0 saturated carbocycles. The fourth-order valence-corrected chi connectivity index (χ4v) is 4.31. The molecular weight excluding hydrogens is 358 g/mol. The summed E-state index contributed by atoms with van der Waals surface area (Å²) in [6.07, 6.45) is 0.173. The molecule has 1 aromatic heterocycles. The van der Waals surface area contributed by atoms with E-state index in [9.17, 15) is 9.59 Å². The van der Waals surface area contributed by atoms with Gasteiger partial charge in [-0.25, -0.2) is 0 Å². The van der Waals surface area contributed by atoms with Gasteiger partial charge in [0.2, 0.25) is 11.8 Å². The zero-order valence-corrected chi connectivity index (χ0v) is 15.9. The van der Waals surface area contributed by atoms with E-state index in [1.807, 2.05) is 37.4 Å². The molecular formula is C18H22ClN3O2S. The first-order valence-corrected chi connectivity index (χ1v) is 9.67. The number of piperazine rings is 1. The van der Waals surface area contributed by atoms with Crippen molar-refractivity contribution < 1.29 is 9.59 Å². The van der Waals surface area contributed by atoms with Gasteiger partial charge in [-0.2, -0.15) is 0 Å². The van der Waals surface area contributed by atoms with E-state index in [1.165, 1.54) is 0 Å². The number of amides is 2. The Bertz CT molecular complexity index is 790. The Balaban J connectivity index is 1.63. The lowest BCUT2D eigenvalue weighted by molar-refractivity contribution is -0.134. The Hall–Kier alpha value is -1.63. The number of carbonyl (C=O) groups is 2. The highest BCUT2D eigenvalue weighted by Crippen LogP contribution is 2.28. The summed E-state index contributed by atoms with van der Waals surface area (Å²) in [5, 5.41) is 9.58. The average molecular weight is 380 g/mol. The molecule has 7 heteroatoms. The number of hydrogen-bond donors (Lipinski definition) is 2. The zero-order valence-electron chi connectivity index (χ0n) is 14.3. The number of halogens is 1. The molecule has 5 nitrogen and oxygen atoms in total. The second kappa shape index (κ2) is 7.72. The predicted octanol–water partition coefficient (Wildman–Crippen LogP) is 2.77. The third-order valence-corrected chi connectivity index (χ3v) is 5.75. The van der Waals surface area contributed by atoms with Crippen molar-refractivity contribution in [1.29, 1.82) is 0 Å². The van der Waals surface area contributed by atoms with E-state index in [2.05, 4.69) is 15.5 Å². The van der Waals surface area contributed by atoms with E-state index in [-0.39, 0.29) is 24.3 Å². The number of nitrogens with one attached hydrogen (secondary N) is 2. The number of thiophene rings is 1. The molecule has 0 radical (unpaired) electrons. The van der Waals surface area contributed by atoms with Crippen LogP contribution in [-0.2, 0) is 16.1 Å². The number of rotatable bonds is 5. The van der Waals surface area contributed by atoms with Crippen molar-refractivity contribution in [2.24, 2.45) is 0 Å². The van der Waals surface area contributed by atoms with Crippen LogP contribution in [0, 0.1) is 0 Å². The molecule has 0 aliphatic carbocycles. The average Bonchev–Trinajstić information content (AvgIpc) is 2.96. The summed E-state index contributed by atoms with van der Waals surface area (Å²) in [4.78, 5) is 26.6. The second-order valence-electron chi connectivity index (χ2n) is 6.52. The van der Waals surface area contributed by atoms with E-state index in [4.69, 9.17) is 11.6 Å². The first kappa shape index (κ1) is 18.2. The summed E-state index contributed by atoms with van der Waals surface area (Å²) in [5.41, 5.74) is 1.05. The van der Waals surface area contributed by atoms with Crippen LogP contribution in [0.5, 0.6) is 0 Å². The van der Waals surface area contributed by atoms with Gasteiger partial charge in [0.1, 0.15) is 0 Å². The van der Waals surface area contributed by atoms with Crippen LogP contribution in [0.4, 0.5) is 0 Å². The van der Waals surface area contributed by atoms with Gasteiger partial charge < -0.3 is 10.6 Å². The molecule has 2 heterocycles. The summed E-state index contributed by atoms with van der Waals surface area (Å²) < 4.78 is 1.14. The van der Waals surface area contributed by atoms with Crippen LogP contribution in [0.1, 0.15) is 25.8 Å². The molecule has 2 aromatic rings. The van der Waals surface area contributed by atoms with Crippen molar-refractivity contribution in [3.8, 4) is 0 Å². The highest BCUT2D eigenvalue weighted by molar-refractivity contribution is 7.17. The van der Waals surface area contributed by atoms with Gasteiger partial charge in [0.05, 0.1) is 12.5 Å². The number of nitrogens with zero attached hydrogens (tertiary/aromatic N) is 1. The van der Waals surface area contributed by atoms with Crippen molar-refractivity contribution >= 4 is 44.8 Å². The number of benzene rings is 1. The lowest BCUT2D eigenvalue weighted by Crippen LogP contribution is -2.58. The summed E-state index contributed by atoms with van der Waals surface area (Å²) >= 11 is 7.70. The second-order valence-corrected chi connectivity index (χ2v) is 7.87. The van der Waals surface area contributed by atoms with Crippen LogP contribution in [-0.4, -0.2) is 41.9 Å². The van der Waals surface area contributed by atoms with Crippen molar-refractivity contribution in [2.45, 2.75) is 38.9 Å². The molecule has 25 heavy (non-hydrogen) atoms. The molecule has 3 rings (SSSR count). The Kier molecular flexibility index (Phi) is 5.61. The third-order valence-electron chi connectivity index (χ3n) is 4.51. The highest BCUT2D eigenvalue weighted by Gasteiger charge is 2.32. The molecule has 1 saturated heterocycles. The maximum atomic E-state index is 12.4. The zero-order chi connectivity index (χ0) is 18.0. The van der Waals surface area contributed by atoms with Crippen molar-refractivity contribution in [3.05, 3.63) is 34.2 Å². The van der Waals surface area contributed by atoms with Crippen LogP contribution in [0.3, 0.4) is 0 Å². The van der Waals surface area contributed by atoms with Crippen LogP contribution >= 0.6 is 22.9 Å². The Morgan fingerprint density at radius 1 is 1.48 bits per heavy atom. The van der Waals surface area contributed by atoms with Gasteiger partial charge in [0.25, 0.3) is 0 Å². The van der Waals surface area contributed by atoms with E-state index in [0.717, 1.165) is 22.2 Å². The summed E-state index contributed by atoms with van der Waals surface area (Å²) in [5.74, 6) is -0.183. The van der Waals surface area contributed by atoms with Crippen LogP contribution in [0.2, 0.25) is 5.02 Å². The maximum absolute atomic E-state index is 12.4. The summed E-state index contributed by atoms with van der Waals surface area (Å²) in [7, 11) is 0. The van der Waals surface area contributed by atoms with Crippen molar-refractivity contribution in [1.82, 2.24) is 15.5 Å². The molecule has 1 aromatic carbocycles. The normalized spacial score (nSPS) is 18.6. The van der Waals surface area contributed by atoms with Crippen LogP contribution in [0.25, 0.3) is 10.1 Å². The molecule has 1 aliphatic rings.